The second-order valence-corrected chi connectivity index (χ2v) is 8.30. The Morgan fingerprint density at radius 3 is 2.50 bits per heavy atom. The van der Waals surface area contributed by atoms with Gasteiger partial charge in [0, 0.05) is 44.0 Å². The molecule has 1 saturated heterocycles. The Bertz CT molecular complexity index is 710. The maximum atomic E-state index is 5.46. The minimum absolute atomic E-state index is 0.543. The van der Waals surface area contributed by atoms with Crippen LogP contribution >= 0.6 is 11.3 Å². The lowest BCUT2D eigenvalue weighted by atomic mass is 9.95. The number of thiophene rings is 1. The van der Waals surface area contributed by atoms with Gasteiger partial charge >= 0.3 is 0 Å². The third-order valence-electron chi connectivity index (χ3n) is 5.06. The Hall–Kier alpha value is -2.10. The molecule has 166 valence electrons. The molecular formula is C24H38N4OS. The minimum atomic E-state index is 0.543. The lowest BCUT2D eigenvalue weighted by molar-refractivity contribution is 0.123. The van der Waals surface area contributed by atoms with Crippen molar-refractivity contribution in [2.75, 3.05) is 44.8 Å². The molecular weight excluding hydrogens is 392 g/mol. The Morgan fingerprint density at radius 1 is 1.23 bits per heavy atom. The highest BCUT2D eigenvalue weighted by atomic mass is 32.1. The first-order chi connectivity index (χ1) is 14.6. The second-order valence-electron chi connectivity index (χ2n) is 7.18. The van der Waals surface area contributed by atoms with E-state index in [0.29, 0.717) is 5.92 Å². The average Bonchev–Trinajstić information content (AvgIpc) is 3.15. The van der Waals surface area contributed by atoms with Crippen molar-refractivity contribution in [1.82, 2.24) is 4.90 Å². The number of hydrogen-bond donors (Lipinski definition) is 0. The van der Waals surface area contributed by atoms with E-state index in [9.17, 15) is 0 Å². The van der Waals surface area contributed by atoms with E-state index < -0.39 is 0 Å². The molecule has 1 aliphatic heterocycles. The van der Waals surface area contributed by atoms with Crippen molar-refractivity contribution in [2.24, 2.45) is 15.9 Å². The molecule has 5 nitrogen and oxygen atoms in total. The Morgan fingerprint density at radius 2 is 1.90 bits per heavy atom. The Balaban J connectivity index is 0.00000218. The first kappa shape index (κ1) is 25.9. The zero-order valence-corrected chi connectivity index (χ0v) is 20.1. The number of ether oxygens (including phenoxy) is 1. The van der Waals surface area contributed by atoms with E-state index in [1.807, 2.05) is 30.9 Å². The molecule has 2 heterocycles. The van der Waals surface area contributed by atoms with Crippen LogP contribution < -0.4 is 4.90 Å². The van der Waals surface area contributed by atoms with Gasteiger partial charge in [0.2, 0.25) is 0 Å². The van der Waals surface area contributed by atoms with E-state index >= 15 is 0 Å². The van der Waals surface area contributed by atoms with Crippen LogP contribution in [0.25, 0.3) is 0 Å². The van der Waals surface area contributed by atoms with Gasteiger partial charge in [0.25, 0.3) is 0 Å². The van der Waals surface area contributed by atoms with Crippen LogP contribution in [-0.4, -0.2) is 57.3 Å². The van der Waals surface area contributed by atoms with Crippen molar-refractivity contribution in [2.45, 2.75) is 47.1 Å². The summed E-state index contributed by atoms with van der Waals surface area (Å²) in [4.78, 5) is 14.9. The molecule has 0 spiro atoms. The summed E-state index contributed by atoms with van der Waals surface area (Å²) >= 11 is 1.86. The predicted octanol–water partition coefficient (Wildman–Crippen LogP) is 5.01. The van der Waals surface area contributed by atoms with Crippen molar-refractivity contribution in [1.29, 1.82) is 0 Å². The minimum Gasteiger partial charge on any atom is -0.378 e. The molecule has 0 saturated carbocycles. The van der Waals surface area contributed by atoms with Gasteiger partial charge in [-0.05, 0) is 49.8 Å². The third kappa shape index (κ3) is 8.33. The molecule has 0 amide bonds. The topological polar surface area (TPSA) is 40.4 Å². The van der Waals surface area contributed by atoms with Crippen molar-refractivity contribution in [3.05, 3.63) is 28.3 Å². The fourth-order valence-corrected chi connectivity index (χ4v) is 4.48. The van der Waals surface area contributed by atoms with Gasteiger partial charge in [-0.1, -0.05) is 13.8 Å². The normalized spacial score (nSPS) is 15.1. The van der Waals surface area contributed by atoms with Crippen LogP contribution in [0.2, 0.25) is 0 Å². The standard InChI is InChI=1S/C22H36N4OS.C2H2/c1-6-19(7-2)20(14-23-8-3)16-25(5)17-24-15-21-18(4)13-22(28-21)26-9-11-27-12-10-26;1-2/h13-14,16-17,19H,6-12,15H2,1-5H3;1-2H/b20-16+,23-14?,24-17?;. The van der Waals surface area contributed by atoms with Crippen molar-refractivity contribution in [3.63, 3.8) is 0 Å². The van der Waals surface area contributed by atoms with Crippen LogP contribution in [0.15, 0.2) is 27.8 Å². The zero-order valence-electron chi connectivity index (χ0n) is 19.3. The Labute approximate surface area is 187 Å². The fourth-order valence-electron chi connectivity index (χ4n) is 3.32. The molecule has 0 bridgehead atoms. The molecule has 0 radical (unpaired) electrons. The van der Waals surface area contributed by atoms with Crippen molar-refractivity contribution >= 4 is 28.9 Å². The summed E-state index contributed by atoms with van der Waals surface area (Å²) in [6, 6.07) is 2.29. The molecule has 1 aromatic rings. The summed E-state index contributed by atoms with van der Waals surface area (Å²) in [7, 11) is 2.05. The van der Waals surface area contributed by atoms with E-state index in [-0.39, 0.29) is 0 Å². The zero-order chi connectivity index (χ0) is 22.4. The van der Waals surface area contributed by atoms with E-state index in [4.69, 9.17) is 4.74 Å². The lowest BCUT2D eigenvalue weighted by Crippen LogP contribution is -2.35. The maximum Gasteiger partial charge on any atom is 0.0916 e. The Kier molecular flexibility index (Phi) is 12.8. The van der Waals surface area contributed by atoms with Crippen LogP contribution in [0, 0.1) is 25.7 Å². The number of terminal acetylenes is 1. The molecule has 6 heteroatoms. The number of allylic oxidation sites excluding steroid dienone is 1. The molecule has 0 aliphatic carbocycles. The summed E-state index contributed by atoms with van der Waals surface area (Å²) < 4.78 is 5.46. The molecule has 0 atom stereocenters. The van der Waals surface area contributed by atoms with Gasteiger partial charge < -0.3 is 14.5 Å². The van der Waals surface area contributed by atoms with Gasteiger partial charge in [0.15, 0.2) is 0 Å². The third-order valence-corrected chi connectivity index (χ3v) is 6.34. The SMILES string of the molecule is C#C.CCN=C/C(=C\N(C)C=NCc1sc(N2CCOCC2)cc1C)C(CC)CC. The van der Waals surface area contributed by atoms with Crippen LogP contribution in [0.3, 0.4) is 0 Å². The van der Waals surface area contributed by atoms with Crippen LogP contribution in [0.4, 0.5) is 5.00 Å². The summed E-state index contributed by atoms with van der Waals surface area (Å²) in [5.74, 6) is 0.543. The van der Waals surface area contributed by atoms with Crippen LogP contribution in [-0.2, 0) is 11.3 Å². The van der Waals surface area contributed by atoms with E-state index in [2.05, 4.69) is 72.6 Å². The summed E-state index contributed by atoms with van der Waals surface area (Å²) in [5.41, 5.74) is 2.61. The predicted molar refractivity (Wildman–Crippen MR) is 133 cm³/mol. The first-order valence-corrected chi connectivity index (χ1v) is 11.6. The highest BCUT2D eigenvalue weighted by Crippen LogP contribution is 2.31. The molecule has 30 heavy (non-hydrogen) atoms. The van der Waals surface area contributed by atoms with Gasteiger partial charge in [0.05, 0.1) is 31.1 Å². The van der Waals surface area contributed by atoms with Crippen molar-refractivity contribution < 1.29 is 4.74 Å². The van der Waals surface area contributed by atoms with E-state index in [1.54, 1.807) is 0 Å². The largest absolute Gasteiger partial charge is 0.378 e. The summed E-state index contributed by atoms with van der Waals surface area (Å²) in [5, 5.41) is 1.34. The number of rotatable bonds is 10. The number of hydrogen-bond acceptors (Lipinski definition) is 5. The number of morpholine rings is 1. The maximum absolute atomic E-state index is 5.46. The van der Waals surface area contributed by atoms with E-state index in [0.717, 1.165) is 52.2 Å². The second kappa shape index (κ2) is 14.8. The fraction of sp³-hybridized carbons (Fsp3) is 0.583. The number of anilines is 1. The van der Waals surface area contributed by atoms with E-state index in [1.165, 1.54) is 21.0 Å². The highest BCUT2D eigenvalue weighted by molar-refractivity contribution is 7.16. The molecule has 0 N–H and O–H groups in total. The number of nitrogens with zero attached hydrogens (tertiary/aromatic N) is 4. The number of aliphatic imine (C=N–C) groups is 2. The quantitative estimate of drug-likeness (QED) is 0.297. The van der Waals surface area contributed by atoms with Crippen molar-refractivity contribution in [3.8, 4) is 12.8 Å². The van der Waals surface area contributed by atoms with Gasteiger partial charge in [0.1, 0.15) is 0 Å². The van der Waals surface area contributed by atoms with Gasteiger partial charge in [-0.25, -0.2) is 0 Å². The lowest BCUT2D eigenvalue weighted by Gasteiger charge is -2.27. The van der Waals surface area contributed by atoms with Gasteiger partial charge in [-0.3, -0.25) is 9.98 Å². The first-order valence-electron chi connectivity index (χ1n) is 10.8. The summed E-state index contributed by atoms with van der Waals surface area (Å²) in [6.07, 6.45) is 16.4. The molecule has 1 fully saturated rings. The molecule has 1 aliphatic rings. The smallest absolute Gasteiger partial charge is 0.0916 e. The summed E-state index contributed by atoms with van der Waals surface area (Å²) in [6.45, 7) is 13.9. The van der Waals surface area contributed by atoms with Crippen LogP contribution in [0.1, 0.15) is 44.1 Å². The average molecular weight is 431 g/mol. The molecule has 1 aromatic heterocycles. The molecule has 2 rings (SSSR count). The van der Waals surface area contributed by atoms with Gasteiger partial charge in [-0.2, -0.15) is 0 Å². The number of aryl methyl sites for hydroxylation is 1. The molecule has 0 aromatic carbocycles. The highest BCUT2D eigenvalue weighted by Gasteiger charge is 2.15. The van der Waals surface area contributed by atoms with Crippen LogP contribution in [0.5, 0.6) is 0 Å². The van der Waals surface area contributed by atoms with Gasteiger partial charge in [-0.15, -0.1) is 24.2 Å². The molecule has 0 unspecified atom stereocenters. The monoisotopic (exact) mass is 430 g/mol.